The molecule has 0 radical (unpaired) electrons. The van der Waals surface area contributed by atoms with Crippen LogP contribution in [-0.4, -0.2) is 33.8 Å². The Morgan fingerprint density at radius 3 is 2.44 bits per heavy atom. The van der Waals surface area contributed by atoms with Crippen molar-refractivity contribution >= 4 is 11.6 Å². The van der Waals surface area contributed by atoms with Crippen LogP contribution in [0.15, 0.2) is 36.2 Å². The molecule has 11 heteroatoms. The van der Waals surface area contributed by atoms with E-state index in [0.29, 0.717) is 5.56 Å². The molecule has 2 heterocycles. The van der Waals surface area contributed by atoms with E-state index in [1.165, 1.54) is 0 Å². The lowest BCUT2D eigenvalue weighted by molar-refractivity contribution is -0.431. The topological polar surface area (TPSA) is 89.1 Å². The number of allylic oxidation sites excluding steroid dienone is 1. The van der Waals surface area contributed by atoms with Crippen LogP contribution in [0.5, 0.6) is 0 Å². The van der Waals surface area contributed by atoms with Crippen molar-refractivity contribution in [2.45, 2.75) is 12.2 Å². The number of benzene rings is 1. The molecule has 1 aromatic heterocycles. The van der Waals surface area contributed by atoms with Gasteiger partial charge in [-0.15, -0.1) is 5.10 Å². The van der Waals surface area contributed by atoms with Crippen molar-refractivity contribution in [3.05, 3.63) is 57.7 Å². The van der Waals surface area contributed by atoms with Gasteiger partial charge in [-0.25, -0.2) is 4.68 Å². The van der Waals surface area contributed by atoms with Gasteiger partial charge in [0.2, 0.25) is 5.95 Å². The summed E-state index contributed by atoms with van der Waals surface area (Å²) in [6.45, 7) is 0. The zero-order valence-corrected chi connectivity index (χ0v) is 13.2. The maximum Gasteiger partial charge on any atom is 0.453 e. The number of fused-ring (bicyclic) bond motifs is 1. The summed E-state index contributed by atoms with van der Waals surface area (Å²) in [6.07, 6.45) is -3.71. The van der Waals surface area contributed by atoms with Crippen molar-refractivity contribution < 1.29 is 18.1 Å². The van der Waals surface area contributed by atoms with E-state index in [9.17, 15) is 23.3 Å². The first kappa shape index (κ1) is 16.7. The molecular weight excluding hydrogens is 341 g/mol. The minimum Gasteiger partial charge on any atom is -0.378 e. The normalized spacial score (nSPS) is 16.7. The van der Waals surface area contributed by atoms with E-state index in [-0.39, 0.29) is 11.6 Å². The van der Waals surface area contributed by atoms with E-state index in [1.54, 1.807) is 24.3 Å². The van der Waals surface area contributed by atoms with Crippen molar-refractivity contribution in [3.8, 4) is 0 Å². The van der Waals surface area contributed by atoms with Crippen LogP contribution in [0.3, 0.4) is 0 Å². The van der Waals surface area contributed by atoms with Crippen LogP contribution in [0.1, 0.15) is 17.4 Å². The Morgan fingerprint density at radius 1 is 1.28 bits per heavy atom. The van der Waals surface area contributed by atoms with Crippen LogP contribution in [0.2, 0.25) is 0 Å². The molecule has 1 aliphatic heterocycles. The Bertz CT molecular complexity index is 841. The number of nitro groups is 1. The van der Waals surface area contributed by atoms with E-state index in [4.69, 9.17) is 0 Å². The monoisotopic (exact) mass is 354 g/mol. The Morgan fingerprint density at radius 2 is 1.92 bits per heavy atom. The van der Waals surface area contributed by atoms with Gasteiger partial charge in [0, 0.05) is 19.8 Å². The highest BCUT2D eigenvalue weighted by Gasteiger charge is 2.41. The van der Waals surface area contributed by atoms with Gasteiger partial charge in [0.1, 0.15) is 0 Å². The number of rotatable bonds is 3. The molecule has 1 N–H and O–H groups in total. The maximum atomic E-state index is 12.9. The molecule has 0 aliphatic carbocycles. The lowest BCUT2D eigenvalue weighted by atomic mass is 10.0. The number of anilines is 2. The molecule has 1 aliphatic rings. The summed E-state index contributed by atoms with van der Waals surface area (Å²) < 4.78 is 39.5. The van der Waals surface area contributed by atoms with Crippen molar-refractivity contribution in [2.24, 2.45) is 0 Å². The fourth-order valence-corrected chi connectivity index (χ4v) is 2.48. The first-order valence-electron chi connectivity index (χ1n) is 7.10. The van der Waals surface area contributed by atoms with Crippen molar-refractivity contribution in [3.63, 3.8) is 0 Å². The van der Waals surface area contributed by atoms with Gasteiger partial charge >= 0.3 is 6.18 Å². The minimum absolute atomic E-state index is 0.209. The van der Waals surface area contributed by atoms with Crippen LogP contribution in [-0.2, 0) is 6.18 Å². The third-order valence-corrected chi connectivity index (χ3v) is 3.69. The summed E-state index contributed by atoms with van der Waals surface area (Å²) in [5.41, 5.74) is 0.942. The molecule has 0 bridgehead atoms. The van der Waals surface area contributed by atoms with Gasteiger partial charge in [-0.05, 0) is 17.7 Å². The van der Waals surface area contributed by atoms with Gasteiger partial charge in [0.15, 0.2) is 6.04 Å². The van der Waals surface area contributed by atoms with Gasteiger partial charge in [-0.1, -0.05) is 12.1 Å². The third kappa shape index (κ3) is 2.99. The van der Waals surface area contributed by atoms with Crippen molar-refractivity contribution in [1.82, 2.24) is 14.8 Å². The summed E-state index contributed by atoms with van der Waals surface area (Å²) in [6, 6.07) is 5.54. The van der Waals surface area contributed by atoms with Crippen LogP contribution in [0.4, 0.5) is 24.8 Å². The second-order valence-corrected chi connectivity index (χ2v) is 5.56. The fraction of sp³-hybridized carbons (Fsp3) is 0.286. The first-order valence-corrected chi connectivity index (χ1v) is 7.10. The summed E-state index contributed by atoms with van der Waals surface area (Å²) in [4.78, 5) is 15.9. The lowest BCUT2D eigenvalue weighted by Gasteiger charge is -2.21. The minimum atomic E-state index is -4.75. The highest BCUT2D eigenvalue weighted by molar-refractivity contribution is 5.49. The Kier molecular flexibility index (Phi) is 3.85. The molecule has 0 fully saturated rings. The number of hydrogen-bond acceptors (Lipinski definition) is 6. The zero-order valence-electron chi connectivity index (χ0n) is 13.2. The molecule has 8 nitrogen and oxygen atoms in total. The van der Waals surface area contributed by atoms with Gasteiger partial charge in [-0.3, -0.25) is 10.1 Å². The molecule has 1 unspecified atom stereocenters. The largest absolute Gasteiger partial charge is 0.453 e. The maximum absolute atomic E-state index is 12.9. The van der Waals surface area contributed by atoms with Crippen LogP contribution < -0.4 is 10.2 Å². The summed E-state index contributed by atoms with van der Waals surface area (Å²) in [5, 5.41) is 17.2. The molecule has 0 amide bonds. The summed E-state index contributed by atoms with van der Waals surface area (Å²) in [7, 11) is 3.65. The summed E-state index contributed by atoms with van der Waals surface area (Å²) >= 11 is 0. The second-order valence-electron chi connectivity index (χ2n) is 5.56. The molecule has 0 saturated carbocycles. The molecule has 0 saturated heterocycles. The molecule has 25 heavy (non-hydrogen) atoms. The highest BCUT2D eigenvalue weighted by Crippen LogP contribution is 2.35. The molecule has 1 aromatic carbocycles. The quantitative estimate of drug-likeness (QED) is 0.673. The third-order valence-electron chi connectivity index (χ3n) is 3.69. The predicted molar refractivity (Wildman–Crippen MR) is 82.6 cm³/mol. The molecule has 3 rings (SSSR count). The molecular formula is C14H13F3N6O2. The van der Waals surface area contributed by atoms with E-state index in [0.717, 1.165) is 16.6 Å². The second kappa shape index (κ2) is 5.76. The Hall–Kier alpha value is -3.11. The van der Waals surface area contributed by atoms with Crippen LogP contribution in [0, 0.1) is 10.1 Å². The van der Waals surface area contributed by atoms with E-state index in [2.05, 4.69) is 15.4 Å². The average Bonchev–Trinajstić information content (AvgIpc) is 2.98. The molecule has 1 atom stereocenters. The van der Waals surface area contributed by atoms with Crippen LogP contribution >= 0.6 is 0 Å². The van der Waals surface area contributed by atoms with E-state index >= 15 is 0 Å². The lowest BCUT2D eigenvalue weighted by Crippen LogP contribution is -2.25. The number of hydrogen-bond donors (Lipinski definition) is 1. The molecule has 0 spiro atoms. The van der Waals surface area contributed by atoms with Crippen molar-refractivity contribution in [2.75, 3.05) is 24.3 Å². The molecule has 2 aromatic rings. The van der Waals surface area contributed by atoms with Gasteiger partial charge in [-0.2, -0.15) is 18.2 Å². The zero-order chi connectivity index (χ0) is 18.4. The van der Waals surface area contributed by atoms with E-state index < -0.39 is 23.0 Å². The highest BCUT2D eigenvalue weighted by atomic mass is 19.4. The Balaban J connectivity index is 2.10. The molecule has 132 valence electrons. The standard InChI is InChI=1S/C14H13F3N6O2/c1-21(2)9-5-3-8(4-6-9)11-10(23(24)25)7-18-13-19-12(14(15,16)17)20-22(11)13/h3-7,11H,1-2H3,(H,18,19,20). The number of alkyl halides is 3. The number of nitrogens with zero attached hydrogens (tertiary/aromatic N) is 5. The van der Waals surface area contributed by atoms with Gasteiger partial charge < -0.3 is 10.2 Å². The van der Waals surface area contributed by atoms with Crippen LogP contribution in [0.25, 0.3) is 0 Å². The fourth-order valence-electron chi connectivity index (χ4n) is 2.48. The smallest absolute Gasteiger partial charge is 0.378 e. The number of halogens is 3. The predicted octanol–water partition coefficient (Wildman–Crippen LogP) is 2.50. The Labute approximate surface area is 139 Å². The van der Waals surface area contributed by atoms with Gasteiger partial charge in [0.25, 0.3) is 11.5 Å². The SMILES string of the molecule is CN(C)c1ccc(C2C([N+](=O)[O-])=CNc3nc(C(F)(F)F)nn32)cc1. The van der Waals surface area contributed by atoms with Gasteiger partial charge in [0.05, 0.1) is 11.1 Å². The number of nitrogens with one attached hydrogen (secondary N) is 1. The average molecular weight is 354 g/mol. The van der Waals surface area contributed by atoms with Crippen molar-refractivity contribution in [1.29, 1.82) is 0 Å². The number of aromatic nitrogens is 3. The summed E-state index contributed by atoms with van der Waals surface area (Å²) in [5.74, 6) is -1.57. The van der Waals surface area contributed by atoms with E-state index in [1.807, 2.05) is 19.0 Å². The first-order chi connectivity index (χ1) is 11.7.